The number of aromatic nitrogens is 1. The van der Waals surface area contributed by atoms with Gasteiger partial charge in [-0.1, -0.05) is 65.8 Å². The minimum atomic E-state index is -0.880. The average molecular weight is 338 g/mol. The molecule has 0 radical (unpaired) electrons. The Bertz CT molecular complexity index is 1230. The third kappa shape index (κ3) is 2.02. The molecular weight excluding hydrogens is 324 g/mol. The second-order valence-electron chi connectivity index (χ2n) is 6.47. The number of hydrogen-bond donors (Lipinski definition) is 1. The van der Waals surface area contributed by atoms with E-state index in [9.17, 15) is 5.11 Å². The second-order valence-corrected chi connectivity index (χ2v) is 6.47. The van der Waals surface area contributed by atoms with Gasteiger partial charge in [0.2, 0.25) is 0 Å². The molecule has 0 saturated carbocycles. The van der Waals surface area contributed by atoms with E-state index in [0.717, 1.165) is 44.1 Å². The van der Waals surface area contributed by atoms with Crippen LogP contribution < -0.4 is 0 Å². The number of benzene rings is 3. The van der Waals surface area contributed by atoms with Gasteiger partial charge in [-0.3, -0.25) is 0 Å². The van der Waals surface area contributed by atoms with Crippen LogP contribution in [0, 0.1) is 0 Å². The van der Waals surface area contributed by atoms with Gasteiger partial charge in [0.1, 0.15) is 0 Å². The van der Waals surface area contributed by atoms with Gasteiger partial charge in [-0.2, -0.15) is 0 Å². The van der Waals surface area contributed by atoms with Crippen LogP contribution in [-0.4, -0.2) is 10.1 Å². The minimum absolute atomic E-state index is 0.687. The summed E-state index contributed by atoms with van der Waals surface area (Å²) in [6.45, 7) is 0. The molecule has 124 valence electrons. The van der Waals surface area contributed by atoms with Crippen LogP contribution in [0.15, 0.2) is 71.8 Å². The Labute approximate surface area is 149 Å². The molecule has 5 heteroatoms. The van der Waals surface area contributed by atoms with E-state index < -0.39 is 12.1 Å². The summed E-state index contributed by atoms with van der Waals surface area (Å²) < 4.78 is 0. The molecule has 0 saturated heterocycles. The lowest BCUT2D eigenvalue weighted by Crippen LogP contribution is -2.16. The van der Waals surface area contributed by atoms with Crippen molar-refractivity contribution in [3.8, 4) is 11.3 Å². The summed E-state index contributed by atoms with van der Waals surface area (Å²) in [4.78, 5) is 7.91. The number of nitrogens with zero attached hydrogens (tertiary/aromatic N) is 4. The van der Waals surface area contributed by atoms with Crippen molar-refractivity contribution in [2.75, 3.05) is 0 Å². The monoisotopic (exact) mass is 338 g/mol. The first-order valence-electron chi connectivity index (χ1n) is 8.42. The smallest absolute Gasteiger partial charge is 0.0948 e. The van der Waals surface area contributed by atoms with E-state index in [1.165, 1.54) is 0 Å². The first kappa shape index (κ1) is 14.9. The van der Waals surface area contributed by atoms with Crippen LogP contribution in [0.5, 0.6) is 0 Å². The molecular formula is C21H14N4O. The van der Waals surface area contributed by atoms with E-state index in [1.54, 1.807) is 0 Å². The van der Waals surface area contributed by atoms with Crippen LogP contribution in [0.4, 0.5) is 0 Å². The Balaban J connectivity index is 1.92. The molecule has 1 heterocycles. The molecule has 5 rings (SSSR count). The Morgan fingerprint density at radius 2 is 1.69 bits per heavy atom. The summed E-state index contributed by atoms with van der Waals surface area (Å²) in [6.07, 6.45) is -0.880. The van der Waals surface area contributed by atoms with Crippen molar-refractivity contribution in [1.82, 2.24) is 4.98 Å². The third-order valence-corrected chi connectivity index (χ3v) is 5.07. The highest BCUT2D eigenvalue weighted by atomic mass is 16.3. The molecule has 5 nitrogen and oxygen atoms in total. The standard InChI is InChI=1S/C21H14N4O/c22-25-24-20-17-11-13-10-9-12-5-1-2-6-14(12)18(13)23-19(17)15-7-3-4-8-16(15)21(20)26/h1-11,20-21,26H/t20-,21-/m1/s1. The highest BCUT2D eigenvalue weighted by Gasteiger charge is 2.33. The molecule has 0 spiro atoms. The van der Waals surface area contributed by atoms with Crippen molar-refractivity contribution in [1.29, 1.82) is 0 Å². The van der Waals surface area contributed by atoms with Gasteiger partial charge in [0, 0.05) is 21.2 Å². The lowest BCUT2D eigenvalue weighted by Gasteiger charge is -2.29. The maximum absolute atomic E-state index is 10.8. The van der Waals surface area contributed by atoms with Gasteiger partial charge in [0.05, 0.1) is 23.4 Å². The Morgan fingerprint density at radius 3 is 2.58 bits per heavy atom. The quantitative estimate of drug-likeness (QED) is 0.216. The number of fused-ring (bicyclic) bond motifs is 6. The molecule has 0 bridgehead atoms. The van der Waals surface area contributed by atoms with E-state index in [-0.39, 0.29) is 0 Å². The van der Waals surface area contributed by atoms with Gasteiger partial charge >= 0.3 is 0 Å². The normalized spacial score (nSPS) is 18.2. The molecule has 0 unspecified atom stereocenters. The SMILES string of the molecule is [N-]=[N+]=N[C@@H]1c2cc3ccc4ccccc4c3nc2-c2ccccc2[C@H]1O. The van der Waals surface area contributed by atoms with Gasteiger partial charge in [-0.05, 0) is 28.1 Å². The number of pyridine rings is 1. The summed E-state index contributed by atoms with van der Waals surface area (Å²) in [5, 5.41) is 17.8. The molecule has 4 aromatic rings. The fraction of sp³-hybridized carbons (Fsp3) is 0.0952. The second kappa shape index (κ2) is 5.56. The van der Waals surface area contributed by atoms with Crippen LogP contribution in [0.25, 0.3) is 43.4 Å². The number of rotatable bonds is 1. The molecule has 1 aliphatic carbocycles. The van der Waals surface area contributed by atoms with Crippen molar-refractivity contribution in [2.24, 2.45) is 5.11 Å². The first-order valence-corrected chi connectivity index (χ1v) is 8.42. The largest absolute Gasteiger partial charge is 0.388 e. The van der Waals surface area contributed by atoms with E-state index in [1.807, 2.05) is 48.5 Å². The Hall–Kier alpha value is -3.40. The van der Waals surface area contributed by atoms with Crippen LogP contribution in [-0.2, 0) is 0 Å². The first-order chi connectivity index (χ1) is 12.8. The highest BCUT2D eigenvalue weighted by molar-refractivity contribution is 6.06. The molecule has 1 aromatic heterocycles. The van der Waals surface area contributed by atoms with Crippen LogP contribution >= 0.6 is 0 Å². The summed E-state index contributed by atoms with van der Waals surface area (Å²) >= 11 is 0. The predicted octanol–water partition coefficient (Wildman–Crippen LogP) is 5.45. The third-order valence-electron chi connectivity index (χ3n) is 5.07. The van der Waals surface area contributed by atoms with Crippen LogP contribution in [0.1, 0.15) is 23.3 Å². The molecule has 0 fully saturated rings. The van der Waals surface area contributed by atoms with Gasteiger partial charge in [-0.25, -0.2) is 4.98 Å². The molecule has 0 amide bonds. The number of aliphatic hydroxyl groups is 1. The van der Waals surface area contributed by atoms with Crippen molar-refractivity contribution in [2.45, 2.75) is 12.1 Å². The number of azide groups is 1. The fourth-order valence-corrected chi connectivity index (χ4v) is 3.86. The summed E-state index contributed by atoms with van der Waals surface area (Å²) in [6, 6.07) is 21.1. The molecule has 1 aliphatic rings. The molecule has 0 aliphatic heterocycles. The van der Waals surface area contributed by atoms with E-state index in [0.29, 0.717) is 0 Å². The van der Waals surface area contributed by atoms with E-state index >= 15 is 0 Å². The zero-order valence-electron chi connectivity index (χ0n) is 13.7. The summed E-state index contributed by atoms with van der Waals surface area (Å²) in [5.41, 5.74) is 13.1. The van der Waals surface area contributed by atoms with Crippen molar-refractivity contribution in [3.05, 3.63) is 88.3 Å². The van der Waals surface area contributed by atoms with Crippen molar-refractivity contribution in [3.63, 3.8) is 0 Å². The maximum atomic E-state index is 10.8. The van der Waals surface area contributed by atoms with Crippen LogP contribution in [0.3, 0.4) is 0 Å². The number of hydrogen-bond acceptors (Lipinski definition) is 3. The molecule has 2 atom stereocenters. The van der Waals surface area contributed by atoms with Gasteiger partial charge in [0.15, 0.2) is 0 Å². The van der Waals surface area contributed by atoms with Crippen molar-refractivity contribution >= 4 is 21.7 Å². The fourth-order valence-electron chi connectivity index (χ4n) is 3.86. The van der Waals surface area contributed by atoms with E-state index in [2.05, 4.69) is 28.2 Å². The zero-order chi connectivity index (χ0) is 17.7. The Kier molecular flexibility index (Phi) is 3.19. The topological polar surface area (TPSA) is 81.9 Å². The van der Waals surface area contributed by atoms with Gasteiger partial charge in [-0.15, -0.1) is 0 Å². The van der Waals surface area contributed by atoms with Crippen molar-refractivity contribution < 1.29 is 5.11 Å². The highest BCUT2D eigenvalue weighted by Crippen LogP contribution is 2.46. The summed E-state index contributed by atoms with van der Waals surface area (Å²) in [7, 11) is 0. The lowest BCUT2D eigenvalue weighted by atomic mass is 9.83. The Morgan fingerprint density at radius 1 is 0.923 bits per heavy atom. The predicted molar refractivity (Wildman–Crippen MR) is 102 cm³/mol. The maximum Gasteiger partial charge on any atom is 0.0948 e. The molecule has 3 aromatic carbocycles. The number of aliphatic hydroxyl groups excluding tert-OH is 1. The average Bonchev–Trinajstić information content (AvgIpc) is 2.70. The zero-order valence-corrected chi connectivity index (χ0v) is 13.7. The van der Waals surface area contributed by atoms with Gasteiger partial charge < -0.3 is 5.11 Å². The minimum Gasteiger partial charge on any atom is -0.388 e. The summed E-state index contributed by atoms with van der Waals surface area (Å²) in [5.74, 6) is 0. The van der Waals surface area contributed by atoms with Gasteiger partial charge in [0.25, 0.3) is 0 Å². The lowest BCUT2D eigenvalue weighted by molar-refractivity contribution is 0.145. The molecule has 1 N–H and O–H groups in total. The van der Waals surface area contributed by atoms with E-state index in [4.69, 9.17) is 10.5 Å². The van der Waals surface area contributed by atoms with Crippen LogP contribution in [0.2, 0.25) is 0 Å². The molecule has 26 heavy (non-hydrogen) atoms.